The van der Waals surface area contributed by atoms with E-state index in [0.29, 0.717) is 10.0 Å². The van der Waals surface area contributed by atoms with Crippen molar-refractivity contribution in [1.29, 1.82) is 0 Å². The van der Waals surface area contributed by atoms with Crippen LogP contribution in [-0.4, -0.2) is 20.3 Å². The van der Waals surface area contributed by atoms with E-state index in [2.05, 4.69) is 15.9 Å². The monoisotopic (exact) mass is 464 g/mol. The summed E-state index contributed by atoms with van der Waals surface area (Å²) in [5, 5.41) is 21.2. The van der Waals surface area contributed by atoms with Crippen LogP contribution in [-0.2, 0) is 4.79 Å². The van der Waals surface area contributed by atoms with E-state index in [-0.39, 0.29) is 32.3 Å². The second-order valence-corrected chi connectivity index (χ2v) is 8.46. The van der Waals surface area contributed by atoms with Crippen molar-refractivity contribution in [3.63, 3.8) is 0 Å². The highest BCUT2D eigenvalue weighted by Crippen LogP contribution is 2.40. The number of carbonyl (C=O) groups is 1. The van der Waals surface area contributed by atoms with Gasteiger partial charge >= 0.3 is 0 Å². The van der Waals surface area contributed by atoms with Gasteiger partial charge in [0.1, 0.15) is 5.75 Å². The Labute approximate surface area is 173 Å². The van der Waals surface area contributed by atoms with E-state index in [1.165, 1.54) is 23.1 Å². The van der Waals surface area contributed by atoms with E-state index in [1.807, 2.05) is 32.0 Å². The fraction of sp³-hybridized carbons (Fsp3) is 0.111. The van der Waals surface area contributed by atoms with Gasteiger partial charge in [-0.05, 0) is 47.5 Å². The molecule has 27 heavy (non-hydrogen) atoms. The van der Waals surface area contributed by atoms with Crippen molar-refractivity contribution in [2.75, 3.05) is 4.90 Å². The summed E-state index contributed by atoms with van der Waals surface area (Å²) in [6.07, 6.45) is 1.41. The maximum Gasteiger partial charge on any atom is 0.271 e. The van der Waals surface area contributed by atoms with Crippen LogP contribution in [0.1, 0.15) is 16.7 Å². The molecule has 1 amide bonds. The smallest absolute Gasteiger partial charge is 0.271 e. The van der Waals surface area contributed by atoms with E-state index < -0.39 is 4.92 Å². The van der Waals surface area contributed by atoms with Gasteiger partial charge in [0, 0.05) is 17.7 Å². The number of phenolic OH excluding ortho intramolecular Hbond substituents is 1. The number of hydrogen-bond acceptors (Lipinski definition) is 6. The zero-order chi connectivity index (χ0) is 19.9. The molecular formula is C18H13BrN2O4S2. The molecule has 9 heteroatoms. The van der Waals surface area contributed by atoms with Crippen LogP contribution in [0.25, 0.3) is 6.08 Å². The maximum absolute atomic E-state index is 12.9. The molecule has 0 atom stereocenters. The van der Waals surface area contributed by atoms with Gasteiger partial charge in [-0.25, -0.2) is 0 Å². The molecule has 1 fully saturated rings. The van der Waals surface area contributed by atoms with Crippen LogP contribution in [0.3, 0.4) is 0 Å². The zero-order valence-electron chi connectivity index (χ0n) is 14.2. The number of nitro groups is 1. The van der Waals surface area contributed by atoms with E-state index in [9.17, 15) is 20.0 Å². The van der Waals surface area contributed by atoms with Gasteiger partial charge in [-0.2, -0.15) is 0 Å². The standard InChI is InChI=1S/C18H13BrN2O4S2/c1-9-3-4-14(10(2)5-9)20-17(23)15(27-18(20)26)7-11-6-12(21(24)25)8-13(19)16(11)22/h3-8,22H,1-2H3. The average Bonchev–Trinajstić information content (AvgIpc) is 2.86. The summed E-state index contributed by atoms with van der Waals surface area (Å²) in [6.45, 7) is 3.86. The third kappa shape index (κ3) is 3.76. The molecule has 1 heterocycles. The lowest BCUT2D eigenvalue weighted by molar-refractivity contribution is -0.385. The number of halogens is 1. The quantitative estimate of drug-likeness (QED) is 0.295. The number of benzene rings is 2. The number of nitro benzene ring substituents is 1. The Morgan fingerprint density at radius 3 is 2.63 bits per heavy atom. The summed E-state index contributed by atoms with van der Waals surface area (Å²) >= 11 is 9.54. The predicted octanol–water partition coefficient (Wildman–Crippen LogP) is 5.09. The first-order valence-electron chi connectivity index (χ1n) is 7.71. The van der Waals surface area contributed by atoms with Crippen molar-refractivity contribution >= 4 is 67.6 Å². The number of anilines is 1. The lowest BCUT2D eigenvalue weighted by Gasteiger charge is -2.17. The van der Waals surface area contributed by atoms with Crippen molar-refractivity contribution in [2.45, 2.75) is 13.8 Å². The first kappa shape index (κ1) is 19.5. The summed E-state index contributed by atoms with van der Waals surface area (Å²) < 4.78 is 0.537. The number of thiocarbonyl (C=S) groups is 1. The Morgan fingerprint density at radius 2 is 2.00 bits per heavy atom. The number of nitrogens with zero attached hydrogens (tertiary/aromatic N) is 2. The van der Waals surface area contributed by atoms with Crippen LogP contribution in [0.2, 0.25) is 0 Å². The maximum atomic E-state index is 12.9. The second-order valence-electron chi connectivity index (χ2n) is 5.93. The normalized spacial score (nSPS) is 15.7. The number of aryl methyl sites for hydroxylation is 2. The van der Waals surface area contributed by atoms with E-state index in [1.54, 1.807) is 0 Å². The van der Waals surface area contributed by atoms with Crippen molar-refractivity contribution in [3.05, 3.63) is 66.5 Å². The molecule has 0 aliphatic carbocycles. The Morgan fingerprint density at radius 1 is 1.30 bits per heavy atom. The van der Waals surface area contributed by atoms with Gasteiger partial charge in [0.05, 0.1) is 20.0 Å². The minimum atomic E-state index is -0.567. The summed E-state index contributed by atoms with van der Waals surface area (Å²) in [4.78, 5) is 25.1. The van der Waals surface area contributed by atoms with Gasteiger partial charge in [0.15, 0.2) is 4.32 Å². The first-order valence-corrected chi connectivity index (χ1v) is 9.73. The summed E-state index contributed by atoms with van der Waals surface area (Å²) in [7, 11) is 0. The zero-order valence-corrected chi connectivity index (χ0v) is 17.4. The highest BCUT2D eigenvalue weighted by molar-refractivity contribution is 9.10. The number of thioether (sulfide) groups is 1. The van der Waals surface area contributed by atoms with Crippen molar-refractivity contribution < 1.29 is 14.8 Å². The fourth-order valence-electron chi connectivity index (χ4n) is 2.69. The number of non-ortho nitro benzene ring substituents is 1. The summed E-state index contributed by atoms with van der Waals surface area (Å²) in [6, 6.07) is 8.10. The molecule has 1 saturated heterocycles. The second kappa shape index (κ2) is 7.41. The summed E-state index contributed by atoms with van der Waals surface area (Å²) in [5.74, 6) is -0.517. The third-order valence-corrected chi connectivity index (χ3v) is 5.87. The molecule has 1 aliphatic heterocycles. The average molecular weight is 465 g/mol. The minimum Gasteiger partial charge on any atom is -0.506 e. The van der Waals surface area contributed by atoms with Gasteiger partial charge in [0.25, 0.3) is 11.6 Å². The molecule has 1 aliphatic rings. The van der Waals surface area contributed by atoms with E-state index in [4.69, 9.17) is 12.2 Å². The molecule has 2 aromatic rings. The summed E-state index contributed by atoms with van der Waals surface area (Å²) in [5.41, 5.74) is 2.64. The Hall–Kier alpha value is -2.23. The Kier molecular flexibility index (Phi) is 5.36. The van der Waals surface area contributed by atoms with Crippen molar-refractivity contribution in [2.24, 2.45) is 0 Å². The van der Waals surface area contributed by atoms with Crippen LogP contribution >= 0.6 is 39.9 Å². The van der Waals surface area contributed by atoms with Crippen LogP contribution in [0.15, 0.2) is 39.7 Å². The van der Waals surface area contributed by atoms with Crippen LogP contribution < -0.4 is 4.90 Å². The number of amides is 1. The van der Waals surface area contributed by atoms with Crippen LogP contribution in [0, 0.1) is 24.0 Å². The van der Waals surface area contributed by atoms with E-state index >= 15 is 0 Å². The molecular weight excluding hydrogens is 452 g/mol. The van der Waals surface area contributed by atoms with Gasteiger partial charge < -0.3 is 5.11 Å². The van der Waals surface area contributed by atoms with Crippen LogP contribution in [0.5, 0.6) is 5.75 Å². The number of phenols is 1. The molecule has 1 N–H and O–H groups in total. The lowest BCUT2D eigenvalue weighted by Crippen LogP contribution is -2.28. The van der Waals surface area contributed by atoms with Crippen LogP contribution in [0.4, 0.5) is 11.4 Å². The van der Waals surface area contributed by atoms with Gasteiger partial charge in [0.2, 0.25) is 0 Å². The van der Waals surface area contributed by atoms with Crippen molar-refractivity contribution in [1.82, 2.24) is 0 Å². The molecule has 138 valence electrons. The molecule has 2 aromatic carbocycles. The predicted molar refractivity (Wildman–Crippen MR) is 114 cm³/mol. The number of aromatic hydroxyl groups is 1. The molecule has 3 rings (SSSR count). The lowest BCUT2D eigenvalue weighted by atomic mass is 10.1. The number of hydrogen-bond donors (Lipinski definition) is 1. The van der Waals surface area contributed by atoms with Gasteiger partial charge in [-0.1, -0.05) is 41.7 Å². The molecule has 0 saturated carbocycles. The Balaban J connectivity index is 2.04. The van der Waals surface area contributed by atoms with Gasteiger partial charge in [-0.3, -0.25) is 19.8 Å². The highest BCUT2D eigenvalue weighted by Gasteiger charge is 2.34. The van der Waals surface area contributed by atoms with Crippen molar-refractivity contribution in [3.8, 4) is 5.75 Å². The Bertz CT molecular complexity index is 1040. The molecule has 0 aromatic heterocycles. The molecule has 0 unspecified atom stereocenters. The molecule has 0 radical (unpaired) electrons. The third-order valence-electron chi connectivity index (χ3n) is 3.96. The molecule has 0 spiro atoms. The SMILES string of the molecule is Cc1ccc(N2C(=O)C(=Cc3cc([N+](=O)[O-])cc(Br)c3O)SC2=S)c(C)c1. The largest absolute Gasteiger partial charge is 0.506 e. The topological polar surface area (TPSA) is 83.7 Å². The van der Waals surface area contributed by atoms with E-state index in [0.717, 1.165) is 22.9 Å². The van der Waals surface area contributed by atoms with Gasteiger partial charge in [-0.15, -0.1) is 0 Å². The fourth-order valence-corrected chi connectivity index (χ4v) is 4.43. The number of rotatable bonds is 3. The first-order chi connectivity index (χ1) is 12.7. The minimum absolute atomic E-state index is 0.164. The highest BCUT2D eigenvalue weighted by atomic mass is 79.9. The molecule has 6 nitrogen and oxygen atoms in total. The number of carbonyl (C=O) groups excluding carboxylic acids is 1. The molecule has 0 bridgehead atoms.